The van der Waals surface area contributed by atoms with Gasteiger partial charge in [-0.05, 0) is 37.3 Å². The number of hydrogen-bond donors (Lipinski definition) is 1. The lowest BCUT2D eigenvalue weighted by Crippen LogP contribution is -2.22. The molecular formula is C12H15NO. The third kappa shape index (κ3) is 1.26. The third-order valence-electron chi connectivity index (χ3n) is 3.27. The van der Waals surface area contributed by atoms with Crippen molar-refractivity contribution in [1.29, 1.82) is 0 Å². The fraction of sp³-hybridized carbons (Fsp3) is 0.500. The Morgan fingerprint density at radius 3 is 3.00 bits per heavy atom. The summed E-state index contributed by atoms with van der Waals surface area (Å²) in [4.78, 5) is 2.42. The van der Waals surface area contributed by atoms with E-state index in [-0.39, 0.29) is 0 Å². The quantitative estimate of drug-likeness (QED) is 0.770. The molecule has 0 aromatic heterocycles. The maximum absolute atomic E-state index is 9.67. The van der Waals surface area contributed by atoms with Crippen LogP contribution in [0.2, 0.25) is 0 Å². The molecule has 3 rings (SSSR count). The Morgan fingerprint density at radius 1 is 1.36 bits per heavy atom. The molecule has 1 heterocycles. The van der Waals surface area contributed by atoms with E-state index < -0.39 is 0 Å². The smallest absolute Gasteiger partial charge is 0.120 e. The first-order chi connectivity index (χ1) is 6.84. The van der Waals surface area contributed by atoms with Crippen molar-refractivity contribution in [1.82, 2.24) is 0 Å². The van der Waals surface area contributed by atoms with Gasteiger partial charge in [-0.3, -0.25) is 0 Å². The summed E-state index contributed by atoms with van der Waals surface area (Å²) in [6, 6.07) is 5.86. The maximum Gasteiger partial charge on any atom is 0.120 e. The summed E-state index contributed by atoms with van der Waals surface area (Å²) in [5.41, 5.74) is 2.41. The second kappa shape index (κ2) is 2.91. The largest absolute Gasteiger partial charge is 0.508 e. The molecule has 1 fully saturated rings. The normalized spacial score (nSPS) is 19.9. The van der Waals surface area contributed by atoms with Crippen LogP contribution < -0.4 is 4.90 Å². The molecule has 0 amide bonds. The highest BCUT2D eigenvalue weighted by atomic mass is 16.3. The number of benzene rings is 1. The average molecular weight is 189 g/mol. The number of aromatic hydroxyl groups is 1. The van der Waals surface area contributed by atoms with Gasteiger partial charge in [-0.15, -0.1) is 0 Å². The van der Waals surface area contributed by atoms with E-state index in [1.54, 1.807) is 6.07 Å². The zero-order chi connectivity index (χ0) is 9.54. The van der Waals surface area contributed by atoms with Crippen LogP contribution in [0.25, 0.3) is 0 Å². The summed E-state index contributed by atoms with van der Waals surface area (Å²) in [5.74, 6) is 1.39. The zero-order valence-corrected chi connectivity index (χ0v) is 8.24. The fourth-order valence-corrected chi connectivity index (χ4v) is 2.28. The van der Waals surface area contributed by atoms with E-state index in [9.17, 15) is 5.11 Å². The summed E-state index contributed by atoms with van der Waals surface area (Å²) in [6.07, 6.45) is 3.80. The highest BCUT2D eigenvalue weighted by molar-refractivity contribution is 5.62. The lowest BCUT2D eigenvalue weighted by molar-refractivity contribution is 0.470. The van der Waals surface area contributed by atoms with Gasteiger partial charge in [-0.2, -0.15) is 0 Å². The summed E-state index contributed by atoms with van der Waals surface area (Å²) < 4.78 is 0. The van der Waals surface area contributed by atoms with Crippen LogP contribution in [-0.4, -0.2) is 18.2 Å². The van der Waals surface area contributed by atoms with Gasteiger partial charge in [0, 0.05) is 24.3 Å². The first-order valence-corrected chi connectivity index (χ1v) is 5.40. The van der Waals surface area contributed by atoms with Gasteiger partial charge in [0.1, 0.15) is 5.75 Å². The van der Waals surface area contributed by atoms with Crippen molar-refractivity contribution in [3.63, 3.8) is 0 Å². The van der Waals surface area contributed by atoms with E-state index in [0.717, 1.165) is 24.4 Å². The Balaban J connectivity index is 1.89. The van der Waals surface area contributed by atoms with Gasteiger partial charge < -0.3 is 10.0 Å². The molecule has 1 aromatic rings. The lowest BCUT2D eigenvalue weighted by Gasteiger charge is -2.18. The molecule has 1 aliphatic carbocycles. The molecule has 0 bridgehead atoms. The van der Waals surface area contributed by atoms with Crippen molar-refractivity contribution in [3.05, 3.63) is 23.8 Å². The highest BCUT2D eigenvalue weighted by Crippen LogP contribution is 2.38. The molecule has 1 saturated carbocycles. The highest BCUT2D eigenvalue weighted by Gasteiger charge is 2.28. The fourth-order valence-electron chi connectivity index (χ4n) is 2.28. The first-order valence-electron chi connectivity index (χ1n) is 5.40. The molecule has 2 heteroatoms. The van der Waals surface area contributed by atoms with Crippen LogP contribution in [0.5, 0.6) is 5.75 Å². The second-order valence-corrected chi connectivity index (χ2v) is 4.41. The molecule has 0 spiro atoms. The van der Waals surface area contributed by atoms with Gasteiger partial charge in [0.2, 0.25) is 0 Å². The summed E-state index contributed by atoms with van der Waals surface area (Å²) in [5, 5.41) is 9.67. The molecule has 2 nitrogen and oxygen atoms in total. The molecule has 74 valence electrons. The number of rotatable bonds is 2. The number of nitrogens with zero attached hydrogens (tertiary/aromatic N) is 1. The van der Waals surface area contributed by atoms with E-state index >= 15 is 0 Å². The van der Waals surface area contributed by atoms with Gasteiger partial charge in [-0.25, -0.2) is 0 Å². The minimum absolute atomic E-state index is 0.473. The second-order valence-electron chi connectivity index (χ2n) is 4.41. The predicted octanol–water partition coefficient (Wildman–Crippen LogP) is 2.16. The van der Waals surface area contributed by atoms with Crippen molar-refractivity contribution in [2.75, 3.05) is 18.0 Å². The van der Waals surface area contributed by atoms with E-state index in [1.807, 2.05) is 6.07 Å². The predicted molar refractivity (Wildman–Crippen MR) is 56.7 cm³/mol. The number of phenols is 1. The number of anilines is 1. The molecule has 0 radical (unpaired) electrons. The molecule has 1 N–H and O–H groups in total. The summed E-state index contributed by atoms with van der Waals surface area (Å²) >= 11 is 0. The van der Waals surface area contributed by atoms with Crippen LogP contribution in [0.4, 0.5) is 5.69 Å². The Kier molecular flexibility index (Phi) is 1.69. The van der Waals surface area contributed by atoms with Crippen LogP contribution in [0.1, 0.15) is 18.4 Å². The van der Waals surface area contributed by atoms with E-state index in [1.165, 1.54) is 25.1 Å². The molecule has 0 saturated heterocycles. The monoisotopic (exact) mass is 189 g/mol. The zero-order valence-electron chi connectivity index (χ0n) is 8.24. The minimum atomic E-state index is 0.473. The minimum Gasteiger partial charge on any atom is -0.508 e. The van der Waals surface area contributed by atoms with E-state index in [4.69, 9.17) is 0 Å². The van der Waals surface area contributed by atoms with Gasteiger partial charge in [0.15, 0.2) is 0 Å². The third-order valence-corrected chi connectivity index (χ3v) is 3.27. The Bertz CT molecular complexity index is 357. The Hall–Kier alpha value is -1.18. The molecule has 0 atom stereocenters. The van der Waals surface area contributed by atoms with Crippen LogP contribution >= 0.6 is 0 Å². The topological polar surface area (TPSA) is 23.5 Å². The maximum atomic E-state index is 9.67. The van der Waals surface area contributed by atoms with Crippen molar-refractivity contribution >= 4 is 5.69 Å². The molecular weight excluding hydrogens is 174 g/mol. The Labute approximate surface area is 84.2 Å². The average Bonchev–Trinajstić information content (AvgIpc) is 2.88. The molecule has 1 aliphatic heterocycles. The summed E-state index contributed by atoms with van der Waals surface area (Å²) in [6.45, 7) is 2.28. The van der Waals surface area contributed by atoms with Gasteiger partial charge in [0.05, 0.1) is 0 Å². The first kappa shape index (κ1) is 8.16. The van der Waals surface area contributed by atoms with Crippen LogP contribution in [0.15, 0.2) is 18.2 Å². The Morgan fingerprint density at radius 2 is 2.21 bits per heavy atom. The lowest BCUT2D eigenvalue weighted by atomic mass is 10.1. The van der Waals surface area contributed by atoms with Crippen molar-refractivity contribution in [3.8, 4) is 5.75 Å². The molecule has 14 heavy (non-hydrogen) atoms. The van der Waals surface area contributed by atoms with E-state index in [2.05, 4.69) is 11.0 Å². The van der Waals surface area contributed by atoms with Crippen LogP contribution in [0.3, 0.4) is 0 Å². The standard InChI is InChI=1S/C12H15NO/c14-12-3-1-2-11-10(12)6-7-13(11)8-9-4-5-9/h1-3,9,14H,4-8H2. The summed E-state index contributed by atoms with van der Waals surface area (Å²) in [7, 11) is 0. The van der Waals surface area contributed by atoms with Crippen molar-refractivity contribution in [2.45, 2.75) is 19.3 Å². The van der Waals surface area contributed by atoms with Gasteiger partial charge >= 0.3 is 0 Å². The van der Waals surface area contributed by atoms with Crippen LogP contribution in [-0.2, 0) is 6.42 Å². The number of hydrogen-bond acceptors (Lipinski definition) is 2. The van der Waals surface area contributed by atoms with Crippen LogP contribution in [0, 0.1) is 5.92 Å². The van der Waals surface area contributed by atoms with E-state index in [0.29, 0.717) is 5.75 Å². The molecule has 2 aliphatic rings. The van der Waals surface area contributed by atoms with Gasteiger partial charge in [-0.1, -0.05) is 6.07 Å². The molecule has 1 aromatic carbocycles. The molecule has 0 unspecified atom stereocenters. The van der Waals surface area contributed by atoms with Crippen molar-refractivity contribution < 1.29 is 5.11 Å². The van der Waals surface area contributed by atoms with Gasteiger partial charge in [0.25, 0.3) is 0 Å². The SMILES string of the molecule is Oc1cccc2c1CCN2CC1CC1. The number of fused-ring (bicyclic) bond motifs is 1. The van der Waals surface area contributed by atoms with Crippen molar-refractivity contribution in [2.24, 2.45) is 5.92 Å². The number of phenolic OH excluding ortho intramolecular Hbond substituents is 1.